The number of methoxy groups -OCH3 is 1. The number of thiophene rings is 1. The summed E-state index contributed by atoms with van der Waals surface area (Å²) in [4.78, 5) is 35.9. The van der Waals surface area contributed by atoms with Gasteiger partial charge in [0.25, 0.3) is 11.5 Å². The number of aryl methyl sites for hydroxylation is 2. The molecule has 0 spiro atoms. The molecule has 1 aliphatic carbocycles. The lowest BCUT2D eigenvalue weighted by Gasteiger charge is -2.36. The lowest BCUT2D eigenvalue weighted by Crippen LogP contribution is -2.38. The second-order valence-electron chi connectivity index (χ2n) is 10.6. The fraction of sp³-hybridized carbons (Fsp3) is 0.643. The van der Waals surface area contributed by atoms with Crippen molar-refractivity contribution in [3.63, 3.8) is 0 Å². The van der Waals surface area contributed by atoms with Gasteiger partial charge < -0.3 is 19.5 Å². The first-order valence-corrected chi connectivity index (χ1v) is 13.8. The van der Waals surface area contributed by atoms with Gasteiger partial charge in [0.15, 0.2) is 0 Å². The molecule has 0 saturated heterocycles. The number of fused-ring (bicyclic) bond motifs is 1. The van der Waals surface area contributed by atoms with E-state index in [1.807, 2.05) is 36.2 Å². The molecule has 1 N–H and O–H groups in total. The molecule has 0 aromatic carbocycles. The zero-order valence-electron chi connectivity index (χ0n) is 22.2. The van der Waals surface area contributed by atoms with Crippen molar-refractivity contribution in [2.24, 2.45) is 5.92 Å². The molecule has 2 aromatic heterocycles. The maximum atomic E-state index is 13.6. The number of hydrogen-bond donors (Lipinski definition) is 1. The number of ether oxygens (including phenoxy) is 1. The number of rotatable bonds is 8. The molecule has 0 bridgehead atoms. The van der Waals surface area contributed by atoms with Crippen LogP contribution < -0.4 is 5.56 Å². The molecule has 2 aromatic rings. The van der Waals surface area contributed by atoms with E-state index in [-0.39, 0.29) is 11.5 Å². The van der Waals surface area contributed by atoms with E-state index in [1.165, 1.54) is 41.0 Å². The Bertz CT molecular complexity index is 1110. The third kappa shape index (κ3) is 5.42. The van der Waals surface area contributed by atoms with Crippen molar-refractivity contribution < 1.29 is 9.53 Å². The van der Waals surface area contributed by atoms with E-state index in [0.717, 1.165) is 36.4 Å². The fourth-order valence-electron chi connectivity index (χ4n) is 6.07. The van der Waals surface area contributed by atoms with Gasteiger partial charge in [-0.05, 0) is 82.5 Å². The summed E-state index contributed by atoms with van der Waals surface area (Å²) in [5.74, 6) is 1.22. The van der Waals surface area contributed by atoms with Crippen molar-refractivity contribution in [3.8, 4) is 0 Å². The highest BCUT2D eigenvalue weighted by Crippen LogP contribution is 2.43. The van der Waals surface area contributed by atoms with Crippen LogP contribution in [0.4, 0.5) is 0 Å². The first kappa shape index (κ1) is 26.1. The minimum absolute atomic E-state index is 0.0825. The molecule has 1 fully saturated rings. The number of hydrogen-bond acceptors (Lipinski definition) is 5. The van der Waals surface area contributed by atoms with Crippen LogP contribution >= 0.6 is 11.3 Å². The summed E-state index contributed by atoms with van der Waals surface area (Å²) in [6.45, 7) is 11.2. The highest BCUT2D eigenvalue weighted by Gasteiger charge is 2.34. The number of likely N-dealkylation sites (N-methyl/N-ethyl adjacent to an activating group) is 1. The highest BCUT2D eigenvalue weighted by atomic mass is 32.1. The second-order valence-corrected chi connectivity index (χ2v) is 11.8. The Balaban J connectivity index is 1.46. The molecule has 1 amide bonds. The molecule has 0 radical (unpaired) electrons. The summed E-state index contributed by atoms with van der Waals surface area (Å²) in [7, 11) is 3.98. The number of H-pyrrole nitrogens is 1. The number of amides is 1. The zero-order chi connectivity index (χ0) is 25.3. The number of aromatic nitrogens is 1. The fourth-order valence-corrected chi connectivity index (χ4v) is 7.51. The van der Waals surface area contributed by atoms with Gasteiger partial charge in [0.1, 0.15) is 0 Å². The molecule has 192 valence electrons. The van der Waals surface area contributed by atoms with Gasteiger partial charge in [-0.2, -0.15) is 0 Å². The van der Waals surface area contributed by atoms with Crippen LogP contribution in [0.2, 0.25) is 0 Å². The third-order valence-electron chi connectivity index (χ3n) is 8.34. The topological polar surface area (TPSA) is 65.6 Å². The molecule has 1 aliphatic heterocycles. The van der Waals surface area contributed by atoms with Gasteiger partial charge in [0, 0.05) is 53.7 Å². The number of nitrogens with one attached hydrogen (secondary N) is 1. The van der Waals surface area contributed by atoms with Gasteiger partial charge in [-0.25, -0.2) is 0 Å². The molecule has 7 heteroatoms. The molecule has 4 rings (SSSR count). The molecule has 35 heavy (non-hydrogen) atoms. The Hall–Kier alpha value is -1.96. The molecular weight excluding hydrogens is 458 g/mol. The normalized spacial score (nSPS) is 21.5. The van der Waals surface area contributed by atoms with Gasteiger partial charge in [-0.15, -0.1) is 11.3 Å². The highest BCUT2D eigenvalue weighted by molar-refractivity contribution is 7.12. The summed E-state index contributed by atoms with van der Waals surface area (Å²) < 4.78 is 5.25. The van der Waals surface area contributed by atoms with Crippen LogP contribution in [0.25, 0.3) is 0 Å². The maximum absolute atomic E-state index is 13.6. The van der Waals surface area contributed by atoms with Gasteiger partial charge in [0.05, 0.1) is 18.7 Å². The average Bonchev–Trinajstić information content (AvgIpc) is 3.17. The molecule has 2 aliphatic rings. The Morgan fingerprint density at radius 3 is 2.57 bits per heavy atom. The van der Waals surface area contributed by atoms with Gasteiger partial charge in [0.2, 0.25) is 0 Å². The van der Waals surface area contributed by atoms with E-state index in [0.29, 0.717) is 36.5 Å². The maximum Gasteiger partial charge on any atom is 0.255 e. The Kier molecular flexibility index (Phi) is 8.19. The van der Waals surface area contributed by atoms with Crippen LogP contribution in [-0.4, -0.2) is 60.6 Å². The smallest absolute Gasteiger partial charge is 0.255 e. The van der Waals surface area contributed by atoms with Crippen LogP contribution in [-0.2, 0) is 17.7 Å². The minimum atomic E-state index is -0.0825. The summed E-state index contributed by atoms with van der Waals surface area (Å²) >= 11 is 1.86. The van der Waals surface area contributed by atoms with E-state index in [2.05, 4.69) is 30.8 Å². The Morgan fingerprint density at radius 2 is 1.91 bits per heavy atom. The molecular formula is C28H41N3O3S. The van der Waals surface area contributed by atoms with Crippen molar-refractivity contribution >= 4 is 17.2 Å². The lowest BCUT2D eigenvalue weighted by molar-refractivity contribution is 0.0727. The first-order valence-electron chi connectivity index (χ1n) is 13.0. The SMILES string of the molecule is COCCN(C)[C@H]1CC[C@H]([C@@H](C)c2sc3c(c2C)C(=O)N(Cc2c(C)cc(C)[nH]c2=O)CC3)CC1. The summed E-state index contributed by atoms with van der Waals surface area (Å²) in [5.41, 5.74) is 4.48. The van der Waals surface area contributed by atoms with Crippen LogP contribution in [0.1, 0.15) is 81.0 Å². The van der Waals surface area contributed by atoms with Gasteiger partial charge in [-0.3, -0.25) is 9.59 Å². The summed E-state index contributed by atoms with van der Waals surface area (Å²) in [6, 6.07) is 2.63. The van der Waals surface area contributed by atoms with E-state index in [4.69, 9.17) is 4.74 Å². The van der Waals surface area contributed by atoms with Crippen LogP contribution in [0.5, 0.6) is 0 Å². The van der Waals surface area contributed by atoms with Gasteiger partial charge in [-0.1, -0.05) is 6.92 Å². The number of aromatic amines is 1. The quantitative estimate of drug-likeness (QED) is 0.567. The second kappa shape index (κ2) is 11.0. The minimum Gasteiger partial charge on any atom is -0.383 e. The number of nitrogens with zero attached hydrogens (tertiary/aromatic N) is 2. The van der Waals surface area contributed by atoms with E-state index < -0.39 is 0 Å². The molecule has 1 atom stereocenters. The van der Waals surface area contributed by atoms with Crippen molar-refractivity contribution in [3.05, 3.63) is 54.1 Å². The van der Waals surface area contributed by atoms with Crippen LogP contribution in [0.3, 0.4) is 0 Å². The van der Waals surface area contributed by atoms with Gasteiger partial charge >= 0.3 is 0 Å². The summed E-state index contributed by atoms with van der Waals surface area (Å²) in [6.07, 6.45) is 5.81. The Labute approximate surface area is 213 Å². The predicted octanol–water partition coefficient (Wildman–Crippen LogP) is 4.80. The number of pyridine rings is 1. The van der Waals surface area contributed by atoms with E-state index >= 15 is 0 Å². The Morgan fingerprint density at radius 1 is 1.20 bits per heavy atom. The van der Waals surface area contributed by atoms with E-state index in [1.54, 1.807) is 7.11 Å². The monoisotopic (exact) mass is 499 g/mol. The standard InChI is InChI=1S/C28H41N3O3S/c1-17-15-18(2)29-27(32)23(17)16-31-12-11-24-25(28(31)33)20(4)26(35-24)19(3)21-7-9-22(10-8-21)30(5)13-14-34-6/h15,19,21-22H,7-14,16H2,1-6H3,(H,29,32)/t19-,21-,22-/m1/s1. The summed E-state index contributed by atoms with van der Waals surface area (Å²) in [5, 5.41) is 0. The van der Waals surface area contributed by atoms with Crippen molar-refractivity contribution in [2.75, 3.05) is 33.9 Å². The van der Waals surface area contributed by atoms with Crippen LogP contribution in [0.15, 0.2) is 10.9 Å². The van der Waals surface area contributed by atoms with Crippen molar-refractivity contribution in [1.82, 2.24) is 14.8 Å². The molecule has 0 unspecified atom stereocenters. The number of carbonyl (C=O) groups is 1. The van der Waals surface area contributed by atoms with Crippen molar-refractivity contribution in [2.45, 2.75) is 78.3 Å². The van der Waals surface area contributed by atoms with E-state index in [9.17, 15) is 9.59 Å². The predicted molar refractivity (Wildman–Crippen MR) is 143 cm³/mol. The largest absolute Gasteiger partial charge is 0.383 e. The van der Waals surface area contributed by atoms with Crippen molar-refractivity contribution in [1.29, 1.82) is 0 Å². The molecule has 6 nitrogen and oxygen atoms in total. The average molecular weight is 500 g/mol. The first-order chi connectivity index (χ1) is 16.7. The molecule has 3 heterocycles. The lowest BCUT2D eigenvalue weighted by atomic mass is 9.77. The molecule has 1 saturated carbocycles. The third-order valence-corrected chi connectivity index (χ3v) is 9.90. The zero-order valence-corrected chi connectivity index (χ0v) is 23.0. The number of carbonyl (C=O) groups excluding carboxylic acids is 1. The van der Waals surface area contributed by atoms with Crippen LogP contribution in [0, 0.1) is 26.7 Å².